The van der Waals surface area contributed by atoms with Crippen LogP contribution in [0.5, 0.6) is 0 Å². The second kappa shape index (κ2) is 4.65. The Kier molecular flexibility index (Phi) is 3.23. The van der Waals surface area contributed by atoms with Crippen LogP contribution in [-0.4, -0.2) is 47.2 Å². The molecule has 0 spiro atoms. The van der Waals surface area contributed by atoms with Crippen molar-refractivity contribution in [2.45, 2.75) is 6.04 Å². The van der Waals surface area contributed by atoms with Gasteiger partial charge >= 0.3 is 6.09 Å². The quantitative estimate of drug-likeness (QED) is 0.882. The van der Waals surface area contributed by atoms with Crippen molar-refractivity contribution < 1.29 is 9.53 Å². The highest BCUT2D eigenvalue weighted by Crippen LogP contribution is 2.14. The van der Waals surface area contributed by atoms with Crippen LogP contribution in [0.25, 0.3) is 0 Å². The number of carbonyl (C=O) groups excluding carboxylic acids is 1. The summed E-state index contributed by atoms with van der Waals surface area (Å²) < 4.78 is 5.43. The van der Waals surface area contributed by atoms with E-state index in [9.17, 15) is 4.79 Å². The highest BCUT2D eigenvalue weighted by Gasteiger charge is 2.31. The number of methoxy groups -OCH3 is 1. The molecule has 0 radical (unpaired) electrons. The first-order valence-corrected chi connectivity index (χ1v) is 5.55. The van der Waals surface area contributed by atoms with Crippen LogP contribution in [0.1, 0.15) is 0 Å². The van der Waals surface area contributed by atoms with Gasteiger partial charge in [0.2, 0.25) is 5.95 Å². The topological polar surface area (TPSA) is 67.3 Å². The van der Waals surface area contributed by atoms with Crippen molar-refractivity contribution in [1.29, 1.82) is 0 Å². The van der Waals surface area contributed by atoms with Gasteiger partial charge in [0.05, 0.1) is 17.6 Å². The van der Waals surface area contributed by atoms with E-state index < -0.39 is 0 Å². The lowest BCUT2D eigenvalue weighted by molar-refractivity contribution is 0.0928. The fourth-order valence-electron chi connectivity index (χ4n) is 1.42. The van der Waals surface area contributed by atoms with Gasteiger partial charge in [-0.2, -0.15) is 0 Å². The van der Waals surface area contributed by atoms with E-state index in [1.54, 1.807) is 17.3 Å². The van der Waals surface area contributed by atoms with Gasteiger partial charge in [0, 0.05) is 25.5 Å². The molecule has 0 unspecified atom stereocenters. The molecule has 1 N–H and O–H groups in total. The summed E-state index contributed by atoms with van der Waals surface area (Å²) in [6.07, 6.45) is 3.05. The number of likely N-dealkylation sites (tertiary alicyclic amines) is 1. The minimum atomic E-state index is -0.297. The Morgan fingerprint density at radius 3 is 2.75 bits per heavy atom. The van der Waals surface area contributed by atoms with Crippen LogP contribution in [0.4, 0.5) is 10.7 Å². The van der Waals surface area contributed by atoms with Crippen molar-refractivity contribution in [3.8, 4) is 0 Å². The first kappa shape index (κ1) is 11.1. The molecule has 1 aromatic rings. The predicted octanol–water partition coefficient (Wildman–Crippen LogP) is 1.10. The van der Waals surface area contributed by atoms with Crippen molar-refractivity contribution in [1.82, 2.24) is 14.9 Å². The number of carbonyl (C=O) groups is 1. The maximum absolute atomic E-state index is 11.1. The minimum Gasteiger partial charge on any atom is -0.453 e. The van der Waals surface area contributed by atoms with Gasteiger partial charge in [-0.15, -0.1) is 0 Å². The van der Waals surface area contributed by atoms with Crippen molar-refractivity contribution in [3.05, 3.63) is 16.9 Å². The number of nitrogens with one attached hydrogen (secondary N) is 1. The number of aromatic nitrogens is 2. The minimum absolute atomic E-state index is 0.195. The molecular formula is C9H11BrN4O2. The molecule has 16 heavy (non-hydrogen) atoms. The third-order valence-electron chi connectivity index (χ3n) is 2.27. The number of anilines is 1. The molecule has 1 saturated heterocycles. The molecule has 0 saturated carbocycles. The molecular weight excluding hydrogens is 276 g/mol. The molecule has 1 aliphatic heterocycles. The van der Waals surface area contributed by atoms with Crippen LogP contribution >= 0.6 is 15.9 Å². The van der Waals surface area contributed by atoms with Crippen LogP contribution in [0.3, 0.4) is 0 Å². The number of amides is 1. The van der Waals surface area contributed by atoms with Crippen molar-refractivity contribution in [2.75, 3.05) is 25.5 Å². The van der Waals surface area contributed by atoms with Crippen molar-refractivity contribution in [3.63, 3.8) is 0 Å². The highest BCUT2D eigenvalue weighted by atomic mass is 79.9. The van der Waals surface area contributed by atoms with E-state index in [0.29, 0.717) is 19.0 Å². The Morgan fingerprint density at radius 1 is 1.56 bits per heavy atom. The summed E-state index contributed by atoms with van der Waals surface area (Å²) in [7, 11) is 1.38. The molecule has 1 aromatic heterocycles. The van der Waals surface area contributed by atoms with Gasteiger partial charge in [0.25, 0.3) is 0 Å². The highest BCUT2D eigenvalue weighted by molar-refractivity contribution is 9.10. The van der Waals surface area contributed by atoms with Crippen LogP contribution in [0.2, 0.25) is 0 Å². The zero-order valence-electron chi connectivity index (χ0n) is 8.68. The second-order valence-electron chi connectivity index (χ2n) is 3.44. The van der Waals surface area contributed by atoms with E-state index in [2.05, 4.69) is 36.0 Å². The normalized spacial score (nSPS) is 15.5. The van der Waals surface area contributed by atoms with Crippen LogP contribution in [-0.2, 0) is 4.74 Å². The average molecular weight is 287 g/mol. The third-order valence-corrected chi connectivity index (χ3v) is 2.68. The molecule has 86 valence electrons. The molecule has 1 amide bonds. The Morgan fingerprint density at radius 2 is 2.19 bits per heavy atom. The van der Waals surface area contributed by atoms with E-state index >= 15 is 0 Å². The lowest BCUT2D eigenvalue weighted by atomic mass is 10.1. The summed E-state index contributed by atoms with van der Waals surface area (Å²) >= 11 is 3.26. The number of nitrogens with zero attached hydrogens (tertiary/aromatic N) is 3. The van der Waals surface area contributed by atoms with Crippen LogP contribution in [0.15, 0.2) is 16.9 Å². The van der Waals surface area contributed by atoms with Gasteiger partial charge in [-0.1, -0.05) is 0 Å². The monoisotopic (exact) mass is 286 g/mol. The van der Waals surface area contributed by atoms with Gasteiger partial charge in [-0.05, 0) is 15.9 Å². The van der Waals surface area contributed by atoms with E-state index in [1.807, 2.05) is 0 Å². The summed E-state index contributed by atoms with van der Waals surface area (Å²) in [6, 6.07) is 0.195. The molecule has 1 aliphatic rings. The van der Waals surface area contributed by atoms with Gasteiger partial charge < -0.3 is 15.0 Å². The smallest absolute Gasteiger partial charge is 0.409 e. The molecule has 1 fully saturated rings. The third kappa shape index (κ3) is 2.41. The van der Waals surface area contributed by atoms with Crippen LogP contribution in [0, 0.1) is 0 Å². The van der Waals surface area contributed by atoms with E-state index in [1.165, 1.54) is 7.11 Å². The van der Waals surface area contributed by atoms with E-state index in [-0.39, 0.29) is 12.1 Å². The Bertz CT molecular complexity index is 378. The predicted molar refractivity (Wildman–Crippen MR) is 61.1 cm³/mol. The number of hydrogen-bond acceptors (Lipinski definition) is 5. The van der Waals surface area contributed by atoms with Crippen LogP contribution < -0.4 is 5.32 Å². The standard InChI is InChI=1S/C9H11BrN4O2/c1-16-9(15)14-4-7(5-14)13-8-11-2-6(10)3-12-8/h2-3,7H,4-5H2,1H3,(H,11,12,13). The number of ether oxygens (including phenoxy) is 1. The van der Waals surface area contributed by atoms with E-state index in [0.717, 1.165) is 4.47 Å². The molecule has 0 atom stereocenters. The molecule has 2 heterocycles. The first-order chi connectivity index (χ1) is 7.69. The summed E-state index contributed by atoms with van der Waals surface area (Å²) in [5.41, 5.74) is 0. The zero-order chi connectivity index (χ0) is 11.5. The second-order valence-corrected chi connectivity index (χ2v) is 4.36. The number of halogens is 1. The maximum atomic E-state index is 11.1. The molecule has 0 aromatic carbocycles. The van der Waals surface area contributed by atoms with Gasteiger partial charge in [-0.3, -0.25) is 0 Å². The molecule has 6 nitrogen and oxygen atoms in total. The summed E-state index contributed by atoms with van der Waals surface area (Å²) in [5, 5.41) is 3.12. The largest absolute Gasteiger partial charge is 0.453 e. The Labute approximate surface area is 101 Å². The SMILES string of the molecule is COC(=O)N1CC(Nc2ncc(Br)cn2)C1. The lowest BCUT2D eigenvalue weighted by Crippen LogP contribution is -2.57. The molecule has 2 rings (SSSR count). The number of rotatable bonds is 2. The maximum Gasteiger partial charge on any atom is 0.409 e. The van der Waals surface area contributed by atoms with Crippen molar-refractivity contribution in [2.24, 2.45) is 0 Å². The molecule has 0 bridgehead atoms. The van der Waals surface area contributed by atoms with Crippen molar-refractivity contribution >= 4 is 28.0 Å². The van der Waals surface area contributed by atoms with Gasteiger partial charge in [-0.25, -0.2) is 14.8 Å². The number of hydrogen-bond donors (Lipinski definition) is 1. The molecule has 0 aliphatic carbocycles. The lowest BCUT2D eigenvalue weighted by Gasteiger charge is -2.38. The summed E-state index contributed by atoms with van der Waals surface area (Å²) in [6.45, 7) is 1.23. The fraction of sp³-hybridized carbons (Fsp3) is 0.444. The first-order valence-electron chi connectivity index (χ1n) is 4.76. The summed E-state index contributed by atoms with van der Waals surface area (Å²) in [5.74, 6) is 0.567. The van der Waals surface area contributed by atoms with Gasteiger partial charge in [0.15, 0.2) is 0 Å². The zero-order valence-corrected chi connectivity index (χ0v) is 10.3. The van der Waals surface area contributed by atoms with E-state index in [4.69, 9.17) is 0 Å². The molecule has 7 heteroatoms. The Hall–Kier alpha value is -1.37. The fourth-order valence-corrected chi connectivity index (χ4v) is 1.62. The Balaban J connectivity index is 1.81. The summed E-state index contributed by atoms with van der Waals surface area (Å²) in [4.78, 5) is 20.9. The average Bonchev–Trinajstić information content (AvgIpc) is 2.24. The van der Waals surface area contributed by atoms with Gasteiger partial charge in [0.1, 0.15) is 0 Å².